The Balaban J connectivity index is 1.21. The highest BCUT2D eigenvalue weighted by molar-refractivity contribution is 5.57. The summed E-state index contributed by atoms with van der Waals surface area (Å²) in [5.41, 5.74) is 3.52. The van der Waals surface area contributed by atoms with Gasteiger partial charge in [0.15, 0.2) is 0 Å². The third kappa shape index (κ3) is 3.48. The van der Waals surface area contributed by atoms with Crippen LogP contribution in [0.15, 0.2) is 24.3 Å². The molecular weight excluding hydrogens is 330 g/mol. The molecular formula is C24H37N3. The molecule has 1 aromatic rings. The molecule has 1 aliphatic carbocycles. The molecule has 3 heteroatoms. The minimum Gasteiger partial charge on any atom is -0.371 e. The van der Waals surface area contributed by atoms with Crippen LogP contribution < -0.4 is 9.80 Å². The summed E-state index contributed by atoms with van der Waals surface area (Å²) in [6.45, 7) is 8.73. The van der Waals surface area contributed by atoms with Gasteiger partial charge in [0, 0.05) is 49.6 Å². The molecule has 4 aliphatic rings. The third-order valence-electron chi connectivity index (χ3n) is 8.17. The topological polar surface area (TPSA) is 9.72 Å². The highest BCUT2D eigenvalue weighted by Gasteiger charge is 2.39. The largest absolute Gasteiger partial charge is 0.371 e. The molecule has 5 rings (SSSR count). The van der Waals surface area contributed by atoms with E-state index >= 15 is 0 Å². The molecule has 0 amide bonds. The van der Waals surface area contributed by atoms with Gasteiger partial charge in [0.05, 0.1) is 0 Å². The molecule has 1 saturated carbocycles. The lowest BCUT2D eigenvalue weighted by molar-refractivity contribution is 0.204. The standard InChI is InChI=1S/C24H37N3/c1-20-6-5-15-27(20)23-11-16-25(18-23)21-7-9-22(10-8-21)26-17-14-24(19-26)12-3-2-4-13-24/h7-10,20,23H,2-6,11-19H2,1H3/t20-,23-/m0/s1. The van der Waals surface area contributed by atoms with Gasteiger partial charge in [0.1, 0.15) is 0 Å². The molecule has 3 nitrogen and oxygen atoms in total. The van der Waals surface area contributed by atoms with Gasteiger partial charge in [0.25, 0.3) is 0 Å². The maximum absolute atomic E-state index is 2.77. The van der Waals surface area contributed by atoms with Gasteiger partial charge >= 0.3 is 0 Å². The van der Waals surface area contributed by atoms with Crippen LogP contribution in [0.2, 0.25) is 0 Å². The SMILES string of the molecule is C[C@H]1CCCN1[C@H]1CCN(c2ccc(N3CCC4(CCCCC4)C3)cc2)C1. The van der Waals surface area contributed by atoms with Crippen molar-refractivity contribution in [3.8, 4) is 0 Å². The molecule has 3 aliphatic heterocycles. The lowest BCUT2D eigenvalue weighted by Crippen LogP contribution is -2.39. The van der Waals surface area contributed by atoms with E-state index in [0.717, 1.165) is 12.1 Å². The second-order valence-corrected chi connectivity index (χ2v) is 9.87. The third-order valence-corrected chi connectivity index (χ3v) is 8.17. The van der Waals surface area contributed by atoms with E-state index in [1.165, 1.54) is 102 Å². The van der Waals surface area contributed by atoms with E-state index in [-0.39, 0.29) is 0 Å². The van der Waals surface area contributed by atoms with Gasteiger partial charge < -0.3 is 9.80 Å². The van der Waals surface area contributed by atoms with Crippen molar-refractivity contribution in [1.29, 1.82) is 0 Å². The van der Waals surface area contributed by atoms with Crippen molar-refractivity contribution >= 4 is 11.4 Å². The summed E-state index contributed by atoms with van der Waals surface area (Å²) in [6.07, 6.45) is 12.8. The number of rotatable bonds is 3. The molecule has 2 atom stereocenters. The first-order valence-electron chi connectivity index (χ1n) is 11.6. The molecule has 4 fully saturated rings. The van der Waals surface area contributed by atoms with Gasteiger partial charge in [0.2, 0.25) is 0 Å². The van der Waals surface area contributed by atoms with Gasteiger partial charge in [-0.05, 0) is 81.7 Å². The summed E-state index contributed by atoms with van der Waals surface area (Å²) in [7, 11) is 0. The van der Waals surface area contributed by atoms with Crippen molar-refractivity contribution in [3.63, 3.8) is 0 Å². The molecule has 3 heterocycles. The molecule has 0 radical (unpaired) electrons. The summed E-state index contributed by atoms with van der Waals surface area (Å²) in [6, 6.07) is 11.1. The molecule has 0 unspecified atom stereocenters. The highest BCUT2D eigenvalue weighted by atomic mass is 15.3. The van der Waals surface area contributed by atoms with Crippen LogP contribution in [0.5, 0.6) is 0 Å². The van der Waals surface area contributed by atoms with Gasteiger partial charge in [-0.3, -0.25) is 4.90 Å². The normalized spacial score (nSPS) is 31.3. The summed E-state index contributed by atoms with van der Waals surface area (Å²) in [4.78, 5) is 8.04. The van der Waals surface area contributed by atoms with E-state index in [0.29, 0.717) is 5.41 Å². The van der Waals surface area contributed by atoms with Crippen LogP contribution >= 0.6 is 0 Å². The van der Waals surface area contributed by atoms with E-state index in [2.05, 4.69) is 45.9 Å². The average molecular weight is 368 g/mol. The number of anilines is 2. The van der Waals surface area contributed by atoms with Crippen molar-refractivity contribution < 1.29 is 0 Å². The molecule has 148 valence electrons. The molecule has 3 saturated heterocycles. The quantitative estimate of drug-likeness (QED) is 0.751. The van der Waals surface area contributed by atoms with Crippen LogP contribution in [0.25, 0.3) is 0 Å². The summed E-state index contributed by atoms with van der Waals surface area (Å²) < 4.78 is 0. The Morgan fingerprint density at radius 2 is 1.52 bits per heavy atom. The van der Waals surface area contributed by atoms with Crippen LogP contribution in [0.1, 0.15) is 64.7 Å². The fourth-order valence-electron chi connectivity index (χ4n) is 6.48. The minimum atomic E-state index is 0.644. The summed E-state index contributed by atoms with van der Waals surface area (Å²) in [5, 5.41) is 0. The number of hydrogen-bond acceptors (Lipinski definition) is 3. The van der Waals surface area contributed by atoms with E-state index in [1.54, 1.807) is 0 Å². The minimum absolute atomic E-state index is 0.644. The van der Waals surface area contributed by atoms with E-state index in [1.807, 2.05) is 0 Å². The number of likely N-dealkylation sites (tertiary alicyclic amines) is 1. The van der Waals surface area contributed by atoms with Crippen LogP contribution in [-0.4, -0.2) is 49.7 Å². The first-order chi connectivity index (χ1) is 13.2. The number of benzene rings is 1. The number of hydrogen-bond donors (Lipinski definition) is 0. The Hall–Kier alpha value is -1.22. The summed E-state index contributed by atoms with van der Waals surface area (Å²) >= 11 is 0. The van der Waals surface area contributed by atoms with Crippen molar-refractivity contribution in [3.05, 3.63) is 24.3 Å². The van der Waals surface area contributed by atoms with Gasteiger partial charge in [-0.25, -0.2) is 0 Å². The molecule has 0 bridgehead atoms. The predicted octanol–water partition coefficient (Wildman–Crippen LogP) is 4.91. The zero-order chi connectivity index (χ0) is 18.3. The van der Waals surface area contributed by atoms with E-state index in [4.69, 9.17) is 0 Å². The van der Waals surface area contributed by atoms with Crippen LogP contribution in [-0.2, 0) is 0 Å². The second-order valence-electron chi connectivity index (χ2n) is 9.87. The maximum atomic E-state index is 2.77. The van der Waals surface area contributed by atoms with E-state index < -0.39 is 0 Å². The van der Waals surface area contributed by atoms with E-state index in [9.17, 15) is 0 Å². The lowest BCUT2D eigenvalue weighted by Gasteiger charge is -2.33. The van der Waals surface area contributed by atoms with Crippen LogP contribution in [0.4, 0.5) is 11.4 Å². The molecule has 0 N–H and O–H groups in total. The Bertz CT molecular complexity index is 634. The average Bonchev–Trinajstić information content (AvgIpc) is 3.43. The number of nitrogens with zero attached hydrogens (tertiary/aromatic N) is 3. The van der Waals surface area contributed by atoms with Gasteiger partial charge in [-0.2, -0.15) is 0 Å². The summed E-state index contributed by atoms with van der Waals surface area (Å²) in [5.74, 6) is 0. The van der Waals surface area contributed by atoms with Crippen molar-refractivity contribution in [1.82, 2.24) is 4.90 Å². The molecule has 27 heavy (non-hydrogen) atoms. The maximum Gasteiger partial charge on any atom is 0.0368 e. The van der Waals surface area contributed by atoms with Crippen LogP contribution in [0.3, 0.4) is 0 Å². The zero-order valence-corrected chi connectivity index (χ0v) is 17.2. The fourth-order valence-corrected chi connectivity index (χ4v) is 6.48. The highest BCUT2D eigenvalue weighted by Crippen LogP contribution is 2.45. The van der Waals surface area contributed by atoms with Crippen molar-refractivity contribution in [2.45, 2.75) is 76.8 Å². The monoisotopic (exact) mass is 367 g/mol. The Kier molecular flexibility index (Phi) is 4.83. The fraction of sp³-hybridized carbons (Fsp3) is 0.750. The molecule has 0 aromatic heterocycles. The predicted molar refractivity (Wildman–Crippen MR) is 115 cm³/mol. The Morgan fingerprint density at radius 3 is 2.22 bits per heavy atom. The first kappa shape index (κ1) is 17.8. The van der Waals surface area contributed by atoms with Gasteiger partial charge in [-0.1, -0.05) is 19.3 Å². The second kappa shape index (κ2) is 7.31. The molecule has 1 spiro atoms. The van der Waals surface area contributed by atoms with Gasteiger partial charge in [-0.15, -0.1) is 0 Å². The Labute approximate surface area is 165 Å². The lowest BCUT2D eigenvalue weighted by atomic mass is 9.73. The van der Waals surface area contributed by atoms with Crippen molar-refractivity contribution in [2.24, 2.45) is 5.41 Å². The van der Waals surface area contributed by atoms with Crippen molar-refractivity contribution in [2.75, 3.05) is 42.5 Å². The smallest absolute Gasteiger partial charge is 0.0368 e. The zero-order valence-electron chi connectivity index (χ0n) is 17.2. The Morgan fingerprint density at radius 1 is 0.778 bits per heavy atom. The molecule has 1 aromatic carbocycles. The first-order valence-corrected chi connectivity index (χ1v) is 11.6. The van der Waals surface area contributed by atoms with Crippen LogP contribution in [0, 0.1) is 5.41 Å².